The largest absolute Gasteiger partial charge is 0.323 e. The molecule has 0 saturated carbocycles. The van der Waals surface area contributed by atoms with Crippen molar-refractivity contribution in [2.75, 3.05) is 0 Å². The van der Waals surface area contributed by atoms with Crippen molar-refractivity contribution >= 4 is 5.65 Å². The van der Waals surface area contributed by atoms with Crippen LogP contribution < -0.4 is 5.73 Å². The Hall–Kier alpha value is -1.35. The standard InChI is InChI=1S/C11H15N3/c1-3-9-7-14-10(8(2)12)5-4-6-11(14)13-9/h4-8H,3,12H2,1-2H3. The van der Waals surface area contributed by atoms with E-state index in [1.54, 1.807) is 0 Å². The number of aromatic nitrogens is 2. The molecule has 0 aromatic carbocycles. The predicted molar refractivity (Wildman–Crippen MR) is 57.2 cm³/mol. The molecule has 3 heteroatoms. The third-order valence-electron chi connectivity index (χ3n) is 2.40. The van der Waals surface area contributed by atoms with Crippen LogP contribution in [0.2, 0.25) is 0 Å². The fourth-order valence-electron chi connectivity index (χ4n) is 1.62. The lowest BCUT2D eigenvalue weighted by molar-refractivity contribution is 0.763. The molecular weight excluding hydrogens is 174 g/mol. The van der Waals surface area contributed by atoms with E-state index in [0.29, 0.717) is 0 Å². The zero-order chi connectivity index (χ0) is 10.1. The summed E-state index contributed by atoms with van der Waals surface area (Å²) >= 11 is 0. The first-order valence-electron chi connectivity index (χ1n) is 4.95. The number of aryl methyl sites for hydroxylation is 1. The molecule has 1 atom stereocenters. The first kappa shape index (κ1) is 9.21. The summed E-state index contributed by atoms with van der Waals surface area (Å²) in [5.74, 6) is 0. The number of nitrogens with zero attached hydrogens (tertiary/aromatic N) is 2. The fourth-order valence-corrected chi connectivity index (χ4v) is 1.62. The van der Waals surface area contributed by atoms with Gasteiger partial charge in [0.05, 0.1) is 5.69 Å². The van der Waals surface area contributed by atoms with E-state index in [-0.39, 0.29) is 6.04 Å². The van der Waals surface area contributed by atoms with Crippen LogP contribution in [0.4, 0.5) is 0 Å². The second-order valence-electron chi connectivity index (χ2n) is 3.55. The van der Waals surface area contributed by atoms with Crippen molar-refractivity contribution in [1.82, 2.24) is 9.38 Å². The number of hydrogen-bond acceptors (Lipinski definition) is 2. The minimum atomic E-state index is 0.0395. The number of hydrogen-bond donors (Lipinski definition) is 1. The molecule has 2 N–H and O–H groups in total. The zero-order valence-electron chi connectivity index (χ0n) is 8.57. The van der Waals surface area contributed by atoms with Gasteiger partial charge in [-0.15, -0.1) is 0 Å². The molecule has 1 unspecified atom stereocenters. The molecule has 3 nitrogen and oxygen atoms in total. The van der Waals surface area contributed by atoms with E-state index in [9.17, 15) is 0 Å². The highest BCUT2D eigenvalue weighted by molar-refractivity contribution is 5.42. The first-order chi connectivity index (χ1) is 6.72. The molecule has 0 spiro atoms. The van der Waals surface area contributed by atoms with Crippen LogP contribution in [0, 0.1) is 0 Å². The normalized spacial score (nSPS) is 13.4. The fraction of sp³-hybridized carbons (Fsp3) is 0.364. The van der Waals surface area contributed by atoms with E-state index >= 15 is 0 Å². The lowest BCUT2D eigenvalue weighted by atomic mass is 10.2. The van der Waals surface area contributed by atoms with E-state index in [1.807, 2.05) is 25.1 Å². The Labute approximate surface area is 83.6 Å². The molecule has 0 saturated heterocycles. The van der Waals surface area contributed by atoms with Gasteiger partial charge in [-0.2, -0.15) is 0 Å². The van der Waals surface area contributed by atoms with Crippen molar-refractivity contribution in [3.8, 4) is 0 Å². The van der Waals surface area contributed by atoms with Crippen LogP contribution in [-0.2, 0) is 6.42 Å². The summed E-state index contributed by atoms with van der Waals surface area (Å²) in [7, 11) is 0. The Morgan fingerprint density at radius 2 is 2.29 bits per heavy atom. The van der Waals surface area contributed by atoms with Gasteiger partial charge in [-0.3, -0.25) is 0 Å². The van der Waals surface area contributed by atoms with E-state index in [0.717, 1.165) is 23.5 Å². The third kappa shape index (κ3) is 1.40. The summed E-state index contributed by atoms with van der Waals surface area (Å²) in [6, 6.07) is 6.09. The van der Waals surface area contributed by atoms with Gasteiger partial charge in [-0.25, -0.2) is 4.98 Å². The Morgan fingerprint density at radius 3 is 2.93 bits per heavy atom. The Morgan fingerprint density at radius 1 is 1.50 bits per heavy atom. The van der Waals surface area contributed by atoms with Crippen molar-refractivity contribution in [2.45, 2.75) is 26.3 Å². The average Bonchev–Trinajstić information content (AvgIpc) is 2.59. The second-order valence-corrected chi connectivity index (χ2v) is 3.55. The second kappa shape index (κ2) is 3.42. The molecule has 0 fully saturated rings. The monoisotopic (exact) mass is 189 g/mol. The first-order valence-corrected chi connectivity index (χ1v) is 4.95. The molecule has 0 amide bonds. The number of fused-ring (bicyclic) bond motifs is 1. The lowest BCUT2D eigenvalue weighted by Crippen LogP contribution is -2.09. The minimum absolute atomic E-state index is 0.0395. The van der Waals surface area contributed by atoms with Crippen LogP contribution in [0.3, 0.4) is 0 Å². The molecule has 2 aromatic heterocycles. The molecule has 2 heterocycles. The number of rotatable bonds is 2. The Balaban J connectivity index is 2.66. The van der Waals surface area contributed by atoms with E-state index in [1.165, 1.54) is 0 Å². The molecule has 2 rings (SSSR count). The van der Waals surface area contributed by atoms with Gasteiger partial charge in [0.2, 0.25) is 0 Å². The van der Waals surface area contributed by atoms with Crippen LogP contribution in [-0.4, -0.2) is 9.38 Å². The SMILES string of the molecule is CCc1cn2c(C(C)N)cccc2n1. The Kier molecular flexibility index (Phi) is 2.25. The maximum atomic E-state index is 5.88. The summed E-state index contributed by atoms with van der Waals surface area (Å²) in [4.78, 5) is 4.48. The highest BCUT2D eigenvalue weighted by atomic mass is 15.0. The zero-order valence-corrected chi connectivity index (χ0v) is 8.57. The summed E-state index contributed by atoms with van der Waals surface area (Å²) in [6.45, 7) is 4.09. The molecule has 0 aliphatic rings. The summed E-state index contributed by atoms with van der Waals surface area (Å²) in [5, 5.41) is 0. The molecular formula is C11H15N3. The van der Waals surface area contributed by atoms with Crippen molar-refractivity contribution < 1.29 is 0 Å². The maximum absolute atomic E-state index is 5.88. The summed E-state index contributed by atoms with van der Waals surface area (Å²) in [6.07, 6.45) is 3.02. The molecule has 74 valence electrons. The van der Waals surface area contributed by atoms with Gasteiger partial charge in [-0.1, -0.05) is 13.0 Å². The molecule has 0 aliphatic carbocycles. The quantitative estimate of drug-likeness (QED) is 0.784. The lowest BCUT2D eigenvalue weighted by Gasteiger charge is -2.07. The van der Waals surface area contributed by atoms with Crippen LogP contribution >= 0.6 is 0 Å². The van der Waals surface area contributed by atoms with Crippen molar-refractivity contribution in [3.05, 3.63) is 35.8 Å². The molecule has 0 bridgehead atoms. The van der Waals surface area contributed by atoms with Crippen LogP contribution in [0.15, 0.2) is 24.4 Å². The van der Waals surface area contributed by atoms with Gasteiger partial charge in [0.15, 0.2) is 0 Å². The highest BCUT2D eigenvalue weighted by Crippen LogP contribution is 2.14. The van der Waals surface area contributed by atoms with Crippen molar-refractivity contribution in [1.29, 1.82) is 0 Å². The molecule has 0 aliphatic heterocycles. The third-order valence-corrected chi connectivity index (χ3v) is 2.40. The molecule has 2 aromatic rings. The van der Waals surface area contributed by atoms with Crippen LogP contribution in [0.25, 0.3) is 5.65 Å². The van der Waals surface area contributed by atoms with Gasteiger partial charge < -0.3 is 10.1 Å². The van der Waals surface area contributed by atoms with E-state index < -0.39 is 0 Å². The average molecular weight is 189 g/mol. The Bertz CT molecular complexity index is 443. The molecule has 14 heavy (non-hydrogen) atoms. The van der Waals surface area contributed by atoms with E-state index in [2.05, 4.69) is 22.5 Å². The summed E-state index contributed by atoms with van der Waals surface area (Å²) in [5.41, 5.74) is 9.08. The van der Waals surface area contributed by atoms with Crippen LogP contribution in [0.5, 0.6) is 0 Å². The number of pyridine rings is 1. The number of nitrogens with two attached hydrogens (primary N) is 1. The van der Waals surface area contributed by atoms with Gasteiger partial charge in [-0.05, 0) is 25.5 Å². The topological polar surface area (TPSA) is 43.3 Å². The highest BCUT2D eigenvalue weighted by Gasteiger charge is 2.06. The van der Waals surface area contributed by atoms with Gasteiger partial charge >= 0.3 is 0 Å². The van der Waals surface area contributed by atoms with Gasteiger partial charge in [0.25, 0.3) is 0 Å². The van der Waals surface area contributed by atoms with Crippen molar-refractivity contribution in [3.63, 3.8) is 0 Å². The van der Waals surface area contributed by atoms with Gasteiger partial charge in [0.1, 0.15) is 5.65 Å². The maximum Gasteiger partial charge on any atom is 0.137 e. The van der Waals surface area contributed by atoms with Crippen LogP contribution in [0.1, 0.15) is 31.3 Å². The molecule has 0 radical (unpaired) electrons. The smallest absolute Gasteiger partial charge is 0.137 e. The van der Waals surface area contributed by atoms with E-state index in [4.69, 9.17) is 5.73 Å². The van der Waals surface area contributed by atoms with Gasteiger partial charge in [0, 0.05) is 17.9 Å². The predicted octanol–water partition coefficient (Wildman–Crippen LogP) is 1.92. The minimum Gasteiger partial charge on any atom is -0.323 e. The summed E-state index contributed by atoms with van der Waals surface area (Å²) < 4.78 is 2.07. The van der Waals surface area contributed by atoms with Crippen molar-refractivity contribution in [2.24, 2.45) is 5.73 Å². The number of imidazole rings is 1.